The summed E-state index contributed by atoms with van der Waals surface area (Å²) in [5, 5.41) is 5.84. The second-order valence-corrected chi connectivity index (χ2v) is 4.88. The topological polar surface area (TPSA) is 53.1 Å². The van der Waals surface area contributed by atoms with Gasteiger partial charge in [0.05, 0.1) is 0 Å². The molecule has 0 amide bonds. The average Bonchev–Trinajstić information content (AvgIpc) is 2.74. The number of likely N-dealkylation sites (N-methyl/N-ethyl adjacent to an activating group) is 1. The predicted molar refractivity (Wildman–Crippen MR) is 70.7 cm³/mol. The van der Waals surface area contributed by atoms with E-state index in [-0.39, 0.29) is 17.7 Å². The minimum absolute atomic E-state index is 0.116. The first kappa shape index (κ1) is 14.8. The number of anilines is 2. The highest BCUT2D eigenvalue weighted by molar-refractivity contribution is 5.48. The fourth-order valence-corrected chi connectivity index (χ4v) is 2.18. The van der Waals surface area contributed by atoms with E-state index in [0.717, 1.165) is 19.5 Å². The summed E-state index contributed by atoms with van der Waals surface area (Å²) in [5.74, 6) is -0.725. The summed E-state index contributed by atoms with van der Waals surface area (Å²) < 4.78 is 38.3. The zero-order chi connectivity index (χ0) is 14.8. The Morgan fingerprint density at radius 1 is 1.35 bits per heavy atom. The van der Waals surface area contributed by atoms with Gasteiger partial charge in [-0.25, -0.2) is 9.97 Å². The zero-order valence-electron chi connectivity index (χ0n) is 11.5. The first-order valence-corrected chi connectivity index (χ1v) is 6.53. The number of alkyl halides is 3. The lowest BCUT2D eigenvalue weighted by Crippen LogP contribution is -2.25. The largest absolute Gasteiger partial charge is 0.451 e. The van der Waals surface area contributed by atoms with E-state index < -0.39 is 12.0 Å². The van der Waals surface area contributed by atoms with Crippen molar-refractivity contribution in [3.63, 3.8) is 0 Å². The highest BCUT2D eigenvalue weighted by Gasteiger charge is 2.35. The molecule has 2 rings (SSSR count). The fraction of sp³-hybridized carbons (Fsp3) is 0.667. The van der Waals surface area contributed by atoms with Gasteiger partial charge in [-0.3, -0.25) is 0 Å². The van der Waals surface area contributed by atoms with Gasteiger partial charge in [-0.15, -0.1) is 0 Å². The van der Waals surface area contributed by atoms with Crippen molar-refractivity contribution in [2.24, 2.45) is 0 Å². The summed E-state index contributed by atoms with van der Waals surface area (Å²) in [6, 6.07) is 1.63. The third kappa shape index (κ3) is 3.72. The molecule has 1 aromatic rings. The van der Waals surface area contributed by atoms with E-state index in [1.54, 1.807) is 6.92 Å². The lowest BCUT2D eigenvalue weighted by atomic mass is 10.2. The minimum Gasteiger partial charge on any atom is -0.370 e. The molecule has 1 aliphatic heterocycles. The van der Waals surface area contributed by atoms with Crippen LogP contribution in [0.5, 0.6) is 0 Å². The van der Waals surface area contributed by atoms with Gasteiger partial charge < -0.3 is 15.5 Å². The second kappa shape index (κ2) is 5.82. The molecule has 20 heavy (non-hydrogen) atoms. The van der Waals surface area contributed by atoms with Crippen LogP contribution < -0.4 is 10.6 Å². The standard InChI is InChI=1S/C12H18F3N5/c1-3-16-9-6-10(17-8-4-5-20(2)7-8)19-11(18-9)12(13,14)15/h6,8H,3-5,7H2,1-2H3,(H2,16,17,18,19). The van der Waals surface area contributed by atoms with Crippen molar-refractivity contribution in [3.8, 4) is 0 Å². The lowest BCUT2D eigenvalue weighted by molar-refractivity contribution is -0.144. The van der Waals surface area contributed by atoms with Gasteiger partial charge in [-0.2, -0.15) is 13.2 Å². The van der Waals surface area contributed by atoms with Gasteiger partial charge in [-0.1, -0.05) is 0 Å². The Morgan fingerprint density at radius 3 is 2.60 bits per heavy atom. The second-order valence-electron chi connectivity index (χ2n) is 4.88. The highest BCUT2D eigenvalue weighted by atomic mass is 19.4. The molecule has 5 nitrogen and oxygen atoms in total. The minimum atomic E-state index is -4.55. The van der Waals surface area contributed by atoms with Crippen LogP contribution in [0.4, 0.5) is 24.8 Å². The lowest BCUT2D eigenvalue weighted by Gasteiger charge is -2.16. The third-order valence-electron chi connectivity index (χ3n) is 3.08. The molecule has 0 radical (unpaired) electrons. The van der Waals surface area contributed by atoms with Gasteiger partial charge in [0.1, 0.15) is 11.6 Å². The quantitative estimate of drug-likeness (QED) is 0.888. The molecule has 2 heterocycles. The van der Waals surface area contributed by atoms with Crippen LogP contribution in [0.1, 0.15) is 19.2 Å². The van der Waals surface area contributed by atoms with Crippen molar-refractivity contribution in [2.75, 3.05) is 37.3 Å². The smallest absolute Gasteiger partial charge is 0.370 e. The molecule has 0 aromatic carbocycles. The molecule has 1 saturated heterocycles. The number of hydrogen-bond donors (Lipinski definition) is 2. The summed E-state index contributed by atoms with van der Waals surface area (Å²) in [6.07, 6.45) is -3.66. The first-order valence-electron chi connectivity index (χ1n) is 6.53. The van der Waals surface area contributed by atoms with Crippen molar-refractivity contribution < 1.29 is 13.2 Å². The molecule has 1 aliphatic rings. The maximum absolute atomic E-state index is 12.8. The van der Waals surface area contributed by atoms with Crippen LogP contribution in [-0.4, -0.2) is 47.6 Å². The monoisotopic (exact) mass is 289 g/mol. The van der Waals surface area contributed by atoms with E-state index in [2.05, 4.69) is 25.5 Å². The van der Waals surface area contributed by atoms with Crippen molar-refractivity contribution in [1.82, 2.24) is 14.9 Å². The van der Waals surface area contributed by atoms with Crippen molar-refractivity contribution in [1.29, 1.82) is 0 Å². The molecular formula is C12H18F3N5. The van der Waals surface area contributed by atoms with Crippen LogP contribution >= 0.6 is 0 Å². The normalized spacial score (nSPS) is 20.1. The SMILES string of the molecule is CCNc1cc(NC2CCN(C)C2)nc(C(F)(F)F)n1. The van der Waals surface area contributed by atoms with E-state index in [9.17, 15) is 13.2 Å². The Balaban J connectivity index is 2.20. The van der Waals surface area contributed by atoms with Crippen molar-refractivity contribution in [2.45, 2.75) is 25.6 Å². The molecular weight excluding hydrogens is 271 g/mol. The molecule has 0 spiro atoms. The summed E-state index contributed by atoms with van der Waals surface area (Å²) in [5.41, 5.74) is 0. The van der Waals surface area contributed by atoms with Crippen LogP contribution in [0.25, 0.3) is 0 Å². The Labute approximate surface area is 115 Å². The molecule has 112 valence electrons. The Morgan fingerprint density at radius 2 is 2.05 bits per heavy atom. The molecule has 0 bridgehead atoms. The molecule has 1 aromatic heterocycles. The maximum atomic E-state index is 12.8. The van der Waals surface area contributed by atoms with E-state index in [0.29, 0.717) is 6.54 Å². The molecule has 8 heteroatoms. The average molecular weight is 289 g/mol. The van der Waals surface area contributed by atoms with Crippen LogP contribution in [0.3, 0.4) is 0 Å². The fourth-order valence-electron chi connectivity index (χ4n) is 2.18. The summed E-state index contributed by atoms with van der Waals surface area (Å²) in [6.45, 7) is 4.02. The molecule has 2 N–H and O–H groups in total. The summed E-state index contributed by atoms with van der Waals surface area (Å²) in [7, 11) is 1.98. The number of nitrogens with zero attached hydrogens (tertiary/aromatic N) is 3. The van der Waals surface area contributed by atoms with E-state index in [1.807, 2.05) is 7.05 Å². The van der Waals surface area contributed by atoms with Crippen molar-refractivity contribution >= 4 is 11.6 Å². The van der Waals surface area contributed by atoms with Crippen LogP contribution in [0, 0.1) is 0 Å². The summed E-state index contributed by atoms with van der Waals surface area (Å²) in [4.78, 5) is 9.18. The molecule has 0 saturated carbocycles. The first-order chi connectivity index (χ1) is 9.38. The predicted octanol–water partition coefficient (Wildman–Crippen LogP) is 2.04. The number of hydrogen-bond acceptors (Lipinski definition) is 5. The van der Waals surface area contributed by atoms with Crippen LogP contribution in [-0.2, 0) is 6.18 Å². The maximum Gasteiger partial charge on any atom is 0.451 e. The molecule has 1 atom stereocenters. The van der Waals surface area contributed by atoms with Gasteiger partial charge in [0.15, 0.2) is 0 Å². The Bertz CT molecular complexity index is 463. The molecule has 0 aliphatic carbocycles. The Kier molecular flexibility index (Phi) is 4.32. The number of likely N-dealkylation sites (tertiary alicyclic amines) is 1. The molecule has 1 unspecified atom stereocenters. The molecule has 1 fully saturated rings. The highest BCUT2D eigenvalue weighted by Crippen LogP contribution is 2.28. The summed E-state index contributed by atoms with van der Waals surface area (Å²) >= 11 is 0. The Hall–Kier alpha value is -1.57. The number of halogens is 3. The van der Waals surface area contributed by atoms with Crippen LogP contribution in [0.15, 0.2) is 6.07 Å². The third-order valence-corrected chi connectivity index (χ3v) is 3.08. The number of aromatic nitrogens is 2. The zero-order valence-corrected chi connectivity index (χ0v) is 11.5. The van der Waals surface area contributed by atoms with Gasteiger partial charge in [0.25, 0.3) is 0 Å². The van der Waals surface area contributed by atoms with Gasteiger partial charge in [0, 0.05) is 25.2 Å². The van der Waals surface area contributed by atoms with Gasteiger partial charge >= 0.3 is 6.18 Å². The van der Waals surface area contributed by atoms with E-state index in [1.165, 1.54) is 6.07 Å². The number of nitrogens with one attached hydrogen (secondary N) is 2. The van der Waals surface area contributed by atoms with Crippen molar-refractivity contribution in [3.05, 3.63) is 11.9 Å². The van der Waals surface area contributed by atoms with Crippen LogP contribution in [0.2, 0.25) is 0 Å². The van der Waals surface area contributed by atoms with E-state index >= 15 is 0 Å². The van der Waals surface area contributed by atoms with Gasteiger partial charge in [0.2, 0.25) is 5.82 Å². The van der Waals surface area contributed by atoms with E-state index in [4.69, 9.17) is 0 Å². The number of rotatable bonds is 4. The van der Waals surface area contributed by atoms with Gasteiger partial charge in [-0.05, 0) is 26.9 Å².